The normalized spacial score (nSPS) is 12.9. The first kappa shape index (κ1) is 22.7. The molecule has 6 nitrogen and oxygen atoms in total. The van der Waals surface area contributed by atoms with E-state index in [0.717, 1.165) is 16.1 Å². The van der Waals surface area contributed by atoms with Gasteiger partial charge in [-0.2, -0.15) is 0 Å². The van der Waals surface area contributed by atoms with E-state index in [-0.39, 0.29) is 23.9 Å². The summed E-state index contributed by atoms with van der Waals surface area (Å²) in [6.07, 6.45) is 1.08. The number of rotatable bonds is 7. The molecular formula is C22H30N2O4S. The summed E-state index contributed by atoms with van der Waals surface area (Å²) in [6, 6.07) is 14.5. The molecule has 0 aliphatic rings. The van der Waals surface area contributed by atoms with Crippen LogP contribution in [0.5, 0.6) is 5.75 Å². The Morgan fingerprint density at radius 2 is 1.76 bits per heavy atom. The Balaban J connectivity index is 2.13. The van der Waals surface area contributed by atoms with Gasteiger partial charge in [-0.3, -0.25) is 9.10 Å². The third-order valence-electron chi connectivity index (χ3n) is 4.68. The lowest BCUT2D eigenvalue weighted by atomic mass is 9.86. The Bertz CT molecular complexity index is 948. The Morgan fingerprint density at radius 1 is 1.14 bits per heavy atom. The first-order valence-corrected chi connectivity index (χ1v) is 11.3. The van der Waals surface area contributed by atoms with Gasteiger partial charge in [0.2, 0.25) is 15.9 Å². The zero-order valence-electron chi connectivity index (χ0n) is 17.9. The Hall–Kier alpha value is -2.54. The lowest BCUT2D eigenvalue weighted by Crippen LogP contribution is -2.41. The van der Waals surface area contributed by atoms with Gasteiger partial charge < -0.3 is 10.1 Å². The third-order valence-corrected chi connectivity index (χ3v) is 5.82. The molecule has 1 amide bonds. The van der Waals surface area contributed by atoms with Crippen molar-refractivity contribution < 1.29 is 17.9 Å². The van der Waals surface area contributed by atoms with Gasteiger partial charge in [-0.1, -0.05) is 51.1 Å². The molecule has 0 aliphatic carbocycles. The van der Waals surface area contributed by atoms with Crippen molar-refractivity contribution in [1.29, 1.82) is 0 Å². The van der Waals surface area contributed by atoms with E-state index in [0.29, 0.717) is 11.4 Å². The Morgan fingerprint density at radius 3 is 2.28 bits per heavy atom. The fourth-order valence-electron chi connectivity index (χ4n) is 2.94. The van der Waals surface area contributed by atoms with Crippen LogP contribution in [0.15, 0.2) is 48.5 Å². The molecule has 158 valence electrons. The van der Waals surface area contributed by atoms with Crippen LogP contribution in [0.2, 0.25) is 0 Å². The number of carbonyl (C=O) groups is 1. The summed E-state index contributed by atoms with van der Waals surface area (Å²) in [5.41, 5.74) is 2.60. The van der Waals surface area contributed by atoms with Crippen molar-refractivity contribution in [3.8, 4) is 5.75 Å². The molecule has 7 heteroatoms. The zero-order valence-corrected chi connectivity index (χ0v) is 18.7. The highest BCUT2D eigenvalue weighted by atomic mass is 32.2. The van der Waals surface area contributed by atoms with Gasteiger partial charge in [0, 0.05) is 6.07 Å². The molecular weight excluding hydrogens is 388 g/mol. The molecule has 1 N–H and O–H groups in total. The van der Waals surface area contributed by atoms with Gasteiger partial charge in [-0.25, -0.2) is 8.42 Å². The number of sulfonamides is 1. The first-order chi connectivity index (χ1) is 13.4. The van der Waals surface area contributed by atoms with E-state index in [1.165, 1.54) is 12.7 Å². The minimum absolute atomic E-state index is 0.0533. The minimum Gasteiger partial charge on any atom is -0.497 e. The second kappa shape index (κ2) is 8.86. The highest BCUT2D eigenvalue weighted by Gasteiger charge is 2.22. The third kappa shape index (κ3) is 6.22. The van der Waals surface area contributed by atoms with E-state index in [4.69, 9.17) is 4.74 Å². The van der Waals surface area contributed by atoms with Crippen LogP contribution in [0.25, 0.3) is 0 Å². The number of hydrogen-bond acceptors (Lipinski definition) is 4. The van der Waals surface area contributed by atoms with Crippen molar-refractivity contribution in [3.63, 3.8) is 0 Å². The van der Waals surface area contributed by atoms with Crippen molar-refractivity contribution in [2.75, 3.05) is 24.2 Å². The maximum atomic E-state index is 12.6. The van der Waals surface area contributed by atoms with Gasteiger partial charge in [-0.05, 0) is 35.6 Å². The number of nitrogens with one attached hydrogen (secondary N) is 1. The van der Waals surface area contributed by atoms with E-state index >= 15 is 0 Å². The molecule has 2 rings (SSSR count). The van der Waals surface area contributed by atoms with Gasteiger partial charge in [0.05, 0.1) is 25.1 Å². The number of nitrogens with zero attached hydrogens (tertiary/aromatic N) is 1. The second-order valence-electron chi connectivity index (χ2n) is 8.13. The number of anilines is 1. The van der Waals surface area contributed by atoms with Crippen LogP contribution in [0, 0.1) is 0 Å². The highest BCUT2D eigenvalue weighted by molar-refractivity contribution is 7.92. The fourth-order valence-corrected chi connectivity index (χ4v) is 3.79. The van der Waals surface area contributed by atoms with Gasteiger partial charge in [-0.15, -0.1) is 0 Å². The summed E-state index contributed by atoms with van der Waals surface area (Å²) in [7, 11) is -2.14. The van der Waals surface area contributed by atoms with Crippen molar-refractivity contribution in [3.05, 3.63) is 59.7 Å². The number of methoxy groups -OCH3 is 1. The SMILES string of the molecule is COc1cccc(N(CC(=O)N[C@@H](C)c2ccc(C(C)(C)C)cc2)S(C)(=O)=O)c1. The van der Waals surface area contributed by atoms with Gasteiger partial charge in [0.25, 0.3) is 0 Å². The molecule has 0 heterocycles. The quantitative estimate of drug-likeness (QED) is 0.745. The second-order valence-corrected chi connectivity index (χ2v) is 10.0. The Labute approximate surface area is 173 Å². The van der Waals surface area contributed by atoms with Gasteiger partial charge >= 0.3 is 0 Å². The number of amides is 1. The fraction of sp³-hybridized carbons (Fsp3) is 0.409. The molecule has 2 aromatic carbocycles. The predicted molar refractivity (Wildman–Crippen MR) is 117 cm³/mol. The largest absolute Gasteiger partial charge is 0.497 e. The minimum atomic E-state index is -3.64. The maximum absolute atomic E-state index is 12.6. The molecule has 29 heavy (non-hydrogen) atoms. The standard InChI is InChI=1S/C22H30N2O4S/c1-16(17-10-12-18(13-11-17)22(2,3)4)23-21(25)15-24(29(6,26)27)19-8-7-9-20(14-19)28-5/h7-14,16H,15H2,1-6H3,(H,23,25)/t16-/m0/s1. The van der Waals surface area contributed by atoms with E-state index < -0.39 is 10.0 Å². The summed E-state index contributed by atoms with van der Waals surface area (Å²) < 4.78 is 30.7. The van der Waals surface area contributed by atoms with Crippen LogP contribution >= 0.6 is 0 Å². The van der Waals surface area contributed by atoms with Crippen LogP contribution in [-0.4, -0.2) is 34.2 Å². The topological polar surface area (TPSA) is 75.7 Å². The molecule has 0 unspecified atom stereocenters. The molecule has 0 spiro atoms. The molecule has 1 atom stereocenters. The number of carbonyl (C=O) groups excluding carboxylic acids is 1. The van der Waals surface area contributed by atoms with Crippen LogP contribution in [-0.2, 0) is 20.2 Å². The average Bonchev–Trinajstić information content (AvgIpc) is 2.64. The number of hydrogen-bond donors (Lipinski definition) is 1. The lowest BCUT2D eigenvalue weighted by molar-refractivity contribution is -0.120. The average molecular weight is 419 g/mol. The van der Waals surface area contributed by atoms with Gasteiger partial charge in [0.15, 0.2) is 0 Å². The van der Waals surface area contributed by atoms with Crippen molar-refractivity contribution in [2.45, 2.75) is 39.2 Å². The molecule has 0 saturated heterocycles. The first-order valence-electron chi connectivity index (χ1n) is 9.43. The monoisotopic (exact) mass is 418 g/mol. The number of ether oxygens (including phenoxy) is 1. The van der Waals surface area contributed by atoms with Crippen molar-refractivity contribution >= 4 is 21.6 Å². The lowest BCUT2D eigenvalue weighted by Gasteiger charge is -2.24. The summed E-state index contributed by atoms with van der Waals surface area (Å²) in [6.45, 7) is 8.00. The molecule has 2 aromatic rings. The highest BCUT2D eigenvalue weighted by Crippen LogP contribution is 2.25. The van der Waals surface area contributed by atoms with Crippen LogP contribution in [0.3, 0.4) is 0 Å². The van der Waals surface area contributed by atoms with E-state index in [1.54, 1.807) is 24.3 Å². The molecule has 0 fully saturated rings. The summed E-state index contributed by atoms with van der Waals surface area (Å²) in [5, 5.41) is 2.88. The maximum Gasteiger partial charge on any atom is 0.241 e. The van der Waals surface area contributed by atoms with E-state index in [2.05, 4.69) is 38.2 Å². The molecule has 0 bridgehead atoms. The smallest absolute Gasteiger partial charge is 0.241 e. The summed E-state index contributed by atoms with van der Waals surface area (Å²) in [4.78, 5) is 12.6. The van der Waals surface area contributed by atoms with Crippen LogP contribution in [0.1, 0.15) is 44.9 Å². The Kier molecular flexibility index (Phi) is 6.95. The molecule has 0 aromatic heterocycles. The number of benzene rings is 2. The van der Waals surface area contributed by atoms with Crippen LogP contribution < -0.4 is 14.4 Å². The molecule has 0 radical (unpaired) electrons. The van der Waals surface area contributed by atoms with Crippen molar-refractivity contribution in [1.82, 2.24) is 5.32 Å². The summed E-state index contributed by atoms with van der Waals surface area (Å²) in [5.74, 6) is 0.134. The molecule has 0 saturated carbocycles. The van der Waals surface area contributed by atoms with E-state index in [9.17, 15) is 13.2 Å². The zero-order chi connectivity index (χ0) is 21.8. The predicted octanol–water partition coefficient (Wildman–Crippen LogP) is 3.64. The van der Waals surface area contributed by atoms with Crippen molar-refractivity contribution in [2.24, 2.45) is 0 Å². The van der Waals surface area contributed by atoms with E-state index in [1.807, 2.05) is 19.1 Å². The summed E-state index contributed by atoms with van der Waals surface area (Å²) >= 11 is 0. The van der Waals surface area contributed by atoms with Gasteiger partial charge in [0.1, 0.15) is 12.3 Å². The molecule has 0 aliphatic heterocycles. The van der Waals surface area contributed by atoms with Crippen LogP contribution in [0.4, 0.5) is 5.69 Å².